The minimum atomic E-state index is -0.355. The van der Waals surface area contributed by atoms with Gasteiger partial charge in [0.2, 0.25) is 0 Å². The van der Waals surface area contributed by atoms with Gasteiger partial charge >= 0.3 is 0 Å². The van der Waals surface area contributed by atoms with Crippen LogP contribution in [0.4, 0.5) is 4.39 Å². The van der Waals surface area contributed by atoms with Crippen molar-refractivity contribution in [3.8, 4) is 22.8 Å². The quantitative estimate of drug-likeness (QED) is 0.673. The molecule has 2 heterocycles. The Morgan fingerprint density at radius 3 is 2.77 bits per heavy atom. The maximum absolute atomic E-state index is 14.1. The zero-order chi connectivity index (χ0) is 21.1. The summed E-state index contributed by atoms with van der Waals surface area (Å²) in [5, 5.41) is 2.88. The number of rotatable bonds is 6. The maximum Gasteiger partial charge on any atom is 0.251 e. The number of carbonyl (C=O) groups excluding carboxylic acids is 1. The number of aromatic nitrogens is 2. The van der Waals surface area contributed by atoms with E-state index >= 15 is 0 Å². The van der Waals surface area contributed by atoms with Gasteiger partial charge in [-0.1, -0.05) is 0 Å². The highest BCUT2D eigenvalue weighted by atomic mass is 19.1. The van der Waals surface area contributed by atoms with E-state index in [1.165, 1.54) is 12.1 Å². The summed E-state index contributed by atoms with van der Waals surface area (Å²) in [4.78, 5) is 20.8. The fraction of sp³-hybridized carbons (Fsp3) is 0.261. The Balaban J connectivity index is 1.41. The molecular weight excluding hydrogens is 385 g/mol. The highest BCUT2D eigenvalue weighted by molar-refractivity contribution is 5.94. The van der Waals surface area contributed by atoms with Gasteiger partial charge in [-0.15, -0.1) is 0 Å². The summed E-state index contributed by atoms with van der Waals surface area (Å²) in [5.41, 5.74) is 2.40. The van der Waals surface area contributed by atoms with Crippen LogP contribution in [0.25, 0.3) is 11.3 Å². The van der Waals surface area contributed by atoms with Crippen molar-refractivity contribution < 1.29 is 18.7 Å². The van der Waals surface area contributed by atoms with Crippen LogP contribution >= 0.6 is 0 Å². The summed E-state index contributed by atoms with van der Waals surface area (Å²) in [6, 6.07) is 9.84. The molecule has 4 rings (SSSR count). The molecule has 1 atom stereocenters. The second-order valence-corrected chi connectivity index (χ2v) is 7.38. The molecule has 1 aliphatic heterocycles. The minimum Gasteiger partial charge on any atom is -0.491 e. The van der Waals surface area contributed by atoms with Crippen molar-refractivity contribution >= 4 is 5.91 Å². The third kappa shape index (κ3) is 4.40. The van der Waals surface area contributed by atoms with Gasteiger partial charge in [0.25, 0.3) is 5.91 Å². The number of nitrogens with one attached hydrogen (secondary N) is 1. The second-order valence-electron chi connectivity index (χ2n) is 7.38. The van der Waals surface area contributed by atoms with Gasteiger partial charge in [0, 0.05) is 35.5 Å². The summed E-state index contributed by atoms with van der Waals surface area (Å²) in [5.74, 6) is 0.749. The molecule has 30 heavy (non-hydrogen) atoms. The fourth-order valence-electron chi connectivity index (χ4n) is 3.40. The molecule has 0 fully saturated rings. The lowest BCUT2D eigenvalue weighted by molar-refractivity contribution is 0.0933. The SMILES string of the molecule is CC(C)Oc1ccc(C(=O)NCC2Cc3cc(F)cc(-c4cnccn4)c3O2)cc1. The maximum atomic E-state index is 14.1. The van der Waals surface area contributed by atoms with Gasteiger partial charge in [-0.25, -0.2) is 4.39 Å². The van der Waals surface area contributed by atoms with Crippen LogP contribution in [-0.4, -0.2) is 34.6 Å². The molecule has 1 N–H and O–H groups in total. The summed E-state index contributed by atoms with van der Waals surface area (Å²) in [7, 11) is 0. The van der Waals surface area contributed by atoms with Gasteiger partial charge in [0.05, 0.1) is 24.5 Å². The van der Waals surface area contributed by atoms with Gasteiger partial charge in [-0.05, 0) is 50.2 Å². The summed E-state index contributed by atoms with van der Waals surface area (Å²) in [6.45, 7) is 4.20. The van der Waals surface area contributed by atoms with Gasteiger partial charge in [-0.2, -0.15) is 0 Å². The van der Waals surface area contributed by atoms with Crippen molar-refractivity contribution in [1.29, 1.82) is 0 Å². The molecular formula is C23H22FN3O3. The number of hydrogen-bond donors (Lipinski definition) is 1. The van der Waals surface area contributed by atoms with Crippen LogP contribution in [0.15, 0.2) is 55.0 Å². The average molecular weight is 407 g/mol. The predicted molar refractivity (Wildman–Crippen MR) is 110 cm³/mol. The van der Waals surface area contributed by atoms with E-state index in [1.807, 2.05) is 13.8 Å². The van der Waals surface area contributed by atoms with E-state index in [4.69, 9.17) is 9.47 Å². The first-order valence-corrected chi connectivity index (χ1v) is 9.80. The molecule has 1 aliphatic rings. The first-order valence-electron chi connectivity index (χ1n) is 9.80. The van der Waals surface area contributed by atoms with Crippen LogP contribution in [-0.2, 0) is 6.42 Å². The highest BCUT2D eigenvalue weighted by Crippen LogP contribution is 2.38. The average Bonchev–Trinajstić information content (AvgIpc) is 3.15. The second kappa shape index (κ2) is 8.49. The first kappa shape index (κ1) is 19.8. The Hall–Kier alpha value is -3.48. The Bertz CT molecular complexity index is 1040. The Labute approximate surface area is 174 Å². The minimum absolute atomic E-state index is 0.0717. The number of fused-ring (bicyclic) bond motifs is 1. The van der Waals surface area contributed by atoms with E-state index < -0.39 is 0 Å². The van der Waals surface area contributed by atoms with Crippen LogP contribution in [0.3, 0.4) is 0 Å². The third-order valence-electron chi connectivity index (χ3n) is 4.68. The van der Waals surface area contributed by atoms with Gasteiger partial charge in [0.15, 0.2) is 0 Å². The molecule has 0 bridgehead atoms. The molecule has 154 valence electrons. The van der Waals surface area contributed by atoms with E-state index in [1.54, 1.807) is 42.9 Å². The Morgan fingerprint density at radius 2 is 2.07 bits per heavy atom. The lowest BCUT2D eigenvalue weighted by Gasteiger charge is -2.14. The van der Waals surface area contributed by atoms with Crippen molar-refractivity contribution in [1.82, 2.24) is 15.3 Å². The zero-order valence-corrected chi connectivity index (χ0v) is 16.8. The zero-order valence-electron chi connectivity index (χ0n) is 16.8. The van der Waals surface area contributed by atoms with Crippen LogP contribution in [0.2, 0.25) is 0 Å². The molecule has 0 radical (unpaired) electrons. The summed E-state index contributed by atoms with van der Waals surface area (Å²) >= 11 is 0. The van der Waals surface area contributed by atoms with E-state index in [-0.39, 0.29) is 23.9 Å². The fourth-order valence-corrected chi connectivity index (χ4v) is 3.40. The normalized spacial score (nSPS) is 14.9. The molecule has 1 unspecified atom stereocenters. The Kier molecular flexibility index (Phi) is 5.61. The van der Waals surface area contributed by atoms with Crippen LogP contribution in [0, 0.1) is 5.82 Å². The predicted octanol–water partition coefficient (Wildman–Crippen LogP) is 3.80. The van der Waals surface area contributed by atoms with Crippen molar-refractivity contribution in [2.45, 2.75) is 32.5 Å². The van der Waals surface area contributed by atoms with Gasteiger partial charge in [0.1, 0.15) is 23.4 Å². The van der Waals surface area contributed by atoms with E-state index in [2.05, 4.69) is 15.3 Å². The van der Waals surface area contributed by atoms with Crippen molar-refractivity contribution in [3.05, 3.63) is 71.9 Å². The lowest BCUT2D eigenvalue weighted by Crippen LogP contribution is -2.34. The first-order chi connectivity index (χ1) is 14.5. The van der Waals surface area contributed by atoms with E-state index in [0.29, 0.717) is 35.5 Å². The number of benzene rings is 2. The number of ether oxygens (including phenoxy) is 2. The van der Waals surface area contributed by atoms with Gasteiger partial charge in [-0.3, -0.25) is 14.8 Å². The van der Waals surface area contributed by atoms with Crippen molar-refractivity contribution in [2.75, 3.05) is 6.54 Å². The van der Waals surface area contributed by atoms with Crippen LogP contribution < -0.4 is 14.8 Å². The van der Waals surface area contributed by atoms with Gasteiger partial charge < -0.3 is 14.8 Å². The number of hydrogen-bond acceptors (Lipinski definition) is 5. The number of carbonyl (C=O) groups is 1. The number of halogens is 1. The van der Waals surface area contributed by atoms with Crippen molar-refractivity contribution in [2.24, 2.45) is 0 Å². The molecule has 6 nitrogen and oxygen atoms in total. The van der Waals surface area contributed by atoms with Crippen LogP contribution in [0.5, 0.6) is 11.5 Å². The molecule has 0 saturated heterocycles. The monoisotopic (exact) mass is 407 g/mol. The molecule has 0 aliphatic carbocycles. The van der Waals surface area contributed by atoms with Crippen molar-refractivity contribution in [3.63, 3.8) is 0 Å². The molecule has 1 amide bonds. The largest absolute Gasteiger partial charge is 0.491 e. The highest BCUT2D eigenvalue weighted by Gasteiger charge is 2.28. The summed E-state index contributed by atoms with van der Waals surface area (Å²) in [6.07, 6.45) is 4.97. The lowest BCUT2D eigenvalue weighted by atomic mass is 10.0. The van der Waals surface area contributed by atoms with Crippen LogP contribution in [0.1, 0.15) is 29.8 Å². The van der Waals surface area contributed by atoms with E-state index in [9.17, 15) is 9.18 Å². The third-order valence-corrected chi connectivity index (χ3v) is 4.68. The molecule has 2 aromatic carbocycles. The smallest absolute Gasteiger partial charge is 0.251 e. The molecule has 0 saturated carbocycles. The molecule has 1 aromatic heterocycles. The van der Waals surface area contributed by atoms with E-state index in [0.717, 1.165) is 11.3 Å². The molecule has 7 heteroatoms. The molecule has 0 spiro atoms. The number of nitrogens with zero attached hydrogens (tertiary/aromatic N) is 2. The summed E-state index contributed by atoms with van der Waals surface area (Å²) < 4.78 is 25.7. The Morgan fingerprint density at radius 1 is 1.27 bits per heavy atom. The number of amides is 1. The molecule has 3 aromatic rings. The topological polar surface area (TPSA) is 73.3 Å². The standard InChI is InChI=1S/C23H22FN3O3/c1-14(2)29-18-5-3-15(4-6-18)23(28)27-12-19-10-16-9-17(24)11-20(22(16)30-19)21-13-25-7-8-26-21/h3-9,11,13-14,19H,10,12H2,1-2H3,(H,27,28).